The number of ether oxygens (including phenoxy) is 4. The second-order valence-electron chi connectivity index (χ2n) is 8.49. The Hall–Kier alpha value is -1.29. The molecule has 0 N–H and O–H groups in total. The topological polar surface area (TPSA) is 84.7 Å². The molecule has 25 heavy (non-hydrogen) atoms. The average Bonchev–Trinajstić information content (AvgIpc) is 3.06. The molecule has 0 aromatic carbocycles. The number of carbonyl (C=O) groups excluding carboxylic acids is 1. The van der Waals surface area contributed by atoms with Crippen molar-refractivity contribution in [3.8, 4) is 0 Å². The van der Waals surface area contributed by atoms with Gasteiger partial charge in [-0.05, 0) is 13.8 Å². The van der Waals surface area contributed by atoms with Crippen molar-refractivity contribution >= 4 is 19.4 Å². The first-order valence-electron chi connectivity index (χ1n) is 8.70. The number of hydrogen-bond donors (Lipinski definition) is 0. The monoisotopic (exact) mass is 367 g/mol. The first-order chi connectivity index (χ1) is 11.6. The lowest BCUT2D eigenvalue weighted by Crippen LogP contribution is -2.50. The number of rotatable bonds is 2. The van der Waals surface area contributed by atoms with Crippen LogP contribution in [0.4, 0.5) is 0 Å². The second kappa shape index (κ2) is 5.35. The normalized spacial score (nSPS) is 35.8. The van der Waals surface area contributed by atoms with Crippen LogP contribution in [0.3, 0.4) is 0 Å². The van der Waals surface area contributed by atoms with Crippen molar-refractivity contribution < 1.29 is 23.7 Å². The van der Waals surface area contributed by atoms with Gasteiger partial charge in [0.15, 0.2) is 12.1 Å². The van der Waals surface area contributed by atoms with Gasteiger partial charge in [-0.15, -0.1) is 5.10 Å². The van der Waals surface area contributed by atoms with E-state index in [1.807, 2.05) is 18.5 Å². The third kappa shape index (κ3) is 2.73. The molecular weight excluding hydrogens is 342 g/mol. The molecule has 138 valence electrons. The Morgan fingerprint density at radius 1 is 1.28 bits per heavy atom. The Kier molecular flexibility index (Phi) is 3.67. The summed E-state index contributed by atoms with van der Waals surface area (Å²) in [6.07, 6.45) is -0.971. The van der Waals surface area contributed by atoms with Crippen molar-refractivity contribution in [1.29, 1.82) is 0 Å². The summed E-state index contributed by atoms with van der Waals surface area (Å²) < 4.78 is 25.6. The van der Waals surface area contributed by atoms with Crippen LogP contribution in [-0.4, -0.2) is 59.4 Å². The van der Waals surface area contributed by atoms with Gasteiger partial charge in [-0.2, -0.15) is 0 Å². The summed E-state index contributed by atoms with van der Waals surface area (Å²) in [4.78, 5) is 11.6. The molecule has 0 radical (unpaired) electrons. The van der Waals surface area contributed by atoms with E-state index in [-0.39, 0.29) is 30.3 Å². The second-order valence-corrected chi connectivity index (χ2v) is 13.5. The fourth-order valence-corrected chi connectivity index (χ4v) is 5.48. The van der Waals surface area contributed by atoms with Crippen LogP contribution in [0.15, 0.2) is 0 Å². The molecule has 4 rings (SSSR count). The van der Waals surface area contributed by atoms with E-state index in [0.717, 1.165) is 11.0 Å². The molecule has 2 fully saturated rings. The Labute approximate surface area is 147 Å². The van der Waals surface area contributed by atoms with E-state index < -0.39 is 20.2 Å². The molecule has 0 bridgehead atoms. The maximum atomic E-state index is 11.6. The lowest BCUT2D eigenvalue weighted by Gasteiger charge is -2.35. The number of fused-ring (bicyclic) bond motifs is 5. The van der Waals surface area contributed by atoms with Crippen molar-refractivity contribution in [3.63, 3.8) is 0 Å². The highest BCUT2D eigenvalue weighted by Gasteiger charge is 2.60. The van der Waals surface area contributed by atoms with E-state index in [9.17, 15) is 4.79 Å². The van der Waals surface area contributed by atoms with Crippen LogP contribution in [0.5, 0.6) is 0 Å². The van der Waals surface area contributed by atoms with Gasteiger partial charge in [0, 0.05) is 13.3 Å². The van der Waals surface area contributed by atoms with Crippen molar-refractivity contribution in [2.45, 2.75) is 83.3 Å². The number of hydrogen-bond acceptors (Lipinski definition) is 7. The molecule has 0 unspecified atom stereocenters. The zero-order valence-electron chi connectivity index (χ0n) is 15.5. The van der Waals surface area contributed by atoms with Crippen LogP contribution < -0.4 is 5.32 Å². The zero-order chi connectivity index (χ0) is 18.1. The molecule has 0 amide bonds. The van der Waals surface area contributed by atoms with Gasteiger partial charge in [0.1, 0.15) is 32.4 Å². The highest BCUT2D eigenvalue weighted by atomic mass is 28.3. The number of aromatic nitrogens is 3. The van der Waals surface area contributed by atoms with Crippen molar-refractivity contribution in [2.75, 3.05) is 0 Å². The summed E-state index contributed by atoms with van der Waals surface area (Å²) in [5.74, 6) is -1.03. The van der Waals surface area contributed by atoms with Gasteiger partial charge in [0.2, 0.25) is 0 Å². The molecule has 0 spiro atoms. The maximum absolute atomic E-state index is 11.6. The van der Waals surface area contributed by atoms with E-state index in [2.05, 4.69) is 30.0 Å². The smallest absolute Gasteiger partial charge is 0.303 e. The van der Waals surface area contributed by atoms with Crippen LogP contribution in [0.25, 0.3) is 0 Å². The largest absolute Gasteiger partial charge is 0.459 e. The number of esters is 1. The minimum atomic E-state index is -1.68. The predicted molar refractivity (Wildman–Crippen MR) is 90.0 cm³/mol. The van der Waals surface area contributed by atoms with Crippen LogP contribution in [0.2, 0.25) is 19.6 Å². The van der Waals surface area contributed by atoms with Gasteiger partial charge < -0.3 is 18.9 Å². The molecule has 0 aliphatic carbocycles. The third-order valence-electron chi connectivity index (χ3n) is 4.91. The van der Waals surface area contributed by atoms with E-state index in [1.165, 1.54) is 6.92 Å². The Morgan fingerprint density at radius 2 is 2.00 bits per heavy atom. The molecule has 4 heterocycles. The summed E-state index contributed by atoms with van der Waals surface area (Å²) in [5, 5.41) is 9.95. The van der Waals surface area contributed by atoms with E-state index >= 15 is 0 Å². The lowest BCUT2D eigenvalue weighted by molar-refractivity contribution is -0.224. The van der Waals surface area contributed by atoms with Gasteiger partial charge in [-0.3, -0.25) is 4.79 Å². The molecule has 1 aromatic heterocycles. The summed E-state index contributed by atoms with van der Waals surface area (Å²) >= 11 is 0. The average molecular weight is 367 g/mol. The molecule has 0 saturated carbocycles. The molecule has 1 aromatic rings. The molecule has 8 nitrogen and oxygen atoms in total. The SMILES string of the molecule is CC(=O)O[C@@H]1Cc2c([Si](C)(C)C)nnn2[C@@H]2[C@H]3OC(C)(C)O[C@H]3O[C@@H]21. The zero-order valence-corrected chi connectivity index (χ0v) is 16.5. The molecule has 9 heteroatoms. The van der Waals surface area contributed by atoms with Crippen LogP contribution in [-0.2, 0) is 30.2 Å². The third-order valence-corrected chi connectivity index (χ3v) is 6.72. The molecule has 5 atom stereocenters. The fourth-order valence-electron chi connectivity index (χ4n) is 4.06. The highest BCUT2D eigenvalue weighted by molar-refractivity contribution is 6.88. The summed E-state index contributed by atoms with van der Waals surface area (Å²) in [6, 6.07) is -0.211. The van der Waals surface area contributed by atoms with Crippen molar-refractivity contribution in [1.82, 2.24) is 15.0 Å². The van der Waals surface area contributed by atoms with Gasteiger partial charge in [-0.25, -0.2) is 4.68 Å². The van der Waals surface area contributed by atoms with Gasteiger partial charge in [0.05, 0.1) is 11.0 Å². The highest BCUT2D eigenvalue weighted by Crippen LogP contribution is 2.46. The van der Waals surface area contributed by atoms with Crippen molar-refractivity contribution in [2.24, 2.45) is 0 Å². The summed E-state index contributed by atoms with van der Waals surface area (Å²) in [6.45, 7) is 11.9. The Bertz CT molecular complexity index is 713. The van der Waals surface area contributed by atoms with E-state index in [4.69, 9.17) is 18.9 Å². The Balaban J connectivity index is 1.77. The van der Waals surface area contributed by atoms with Crippen LogP contribution >= 0.6 is 0 Å². The van der Waals surface area contributed by atoms with Gasteiger partial charge in [0.25, 0.3) is 0 Å². The standard InChI is InChI=1S/C16H25N3O5Si/c1-8(20)21-10-7-9-14(25(4,5)6)17-18-19(9)11-12(10)22-15-13(11)23-16(2,3)24-15/h10-13,15H,7H2,1-6H3/t10-,11+,12-,13-,15-/m1/s1. The lowest BCUT2D eigenvalue weighted by atomic mass is 9.95. The molecule has 3 aliphatic rings. The molecule has 3 aliphatic heterocycles. The first kappa shape index (κ1) is 17.1. The van der Waals surface area contributed by atoms with Gasteiger partial charge >= 0.3 is 5.97 Å². The fraction of sp³-hybridized carbons (Fsp3) is 0.812. The van der Waals surface area contributed by atoms with Crippen LogP contribution in [0.1, 0.15) is 32.5 Å². The van der Waals surface area contributed by atoms with Gasteiger partial charge in [-0.1, -0.05) is 24.9 Å². The predicted octanol–water partition coefficient (Wildman–Crippen LogP) is 0.729. The minimum absolute atomic E-state index is 0.211. The maximum Gasteiger partial charge on any atom is 0.303 e. The molecular formula is C16H25N3O5Si. The Morgan fingerprint density at radius 3 is 2.64 bits per heavy atom. The van der Waals surface area contributed by atoms with E-state index in [0.29, 0.717) is 6.42 Å². The first-order valence-corrected chi connectivity index (χ1v) is 12.2. The molecule has 2 saturated heterocycles. The van der Waals surface area contributed by atoms with Crippen LogP contribution in [0, 0.1) is 0 Å². The van der Waals surface area contributed by atoms with Crippen molar-refractivity contribution in [3.05, 3.63) is 5.69 Å². The quantitative estimate of drug-likeness (QED) is 0.563. The summed E-state index contributed by atoms with van der Waals surface area (Å²) in [7, 11) is -1.68. The van der Waals surface area contributed by atoms with E-state index in [1.54, 1.807) is 0 Å². The number of nitrogens with zero attached hydrogens (tertiary/aromatic N) is 3. The number of carbonyl (C=O) groups is 1. The summed E-state index contributed by atoms with van der Waals surface area (Å²) in [5.41, 5.74) is 1.03. The minimum Gasteiger partial charge on any atom is -0.459 e.